The van der Waals surface area contributed by atoms with Crippen molar-refractivity contribution in [1.29, 1.82) is 0 Å². The molecule has 0 fully saturated rings. The second-order valence-corrected chi connectivity index (χ2v) is 4.15. The lowest BCUT2D eigenvalue weighted by atomic mass is 10.2. The van der Waals surface area contributed by atoms with Crippen LogP contribution in [0.1, 0.15) is 25.7 Å². The van der Waals surface area contributed by atoms with Crippen molar-refractivity contribution < 1.29 is 0 Å². The Morgan fingerprint density at radius 2 is 2.06 bits per heavy atom. The Labute approximate surface area is 104 Å². The third kappa shape index (κ3) is 3.52. The first-order valence-corrected chi connectivity index (χ1v) is 6.29. The average molecular weight is 255 g/mol. The first-order chi connectivity index (χ1) is 8.40. The van der Waals surface area contributed by atoms with Gasteiger partial charge in [-0.05, 0) is 35.4 Å². The highest BCUT2D eigenvalue weighted by atomic mass is 35.5. The van der Waals surface area contributed by atoms with E-state index in [0.717, 1.165) is 31.1 Å². The number of nitrogens with one attached hydrogen (secondary N) is 1. The zero-order valence-electron chi connectivity index (χ0n) is 9.51. The Balaban J connectivity index is 1.75. The van der Waals surface area contributed by atoms with E-state index in [1.54, 1.807) is 0 Å². The summed E-state index contributed by atoms with van der Waals surface area (Å²) in [6.45, 7) is 0.906. The molecule has 2 rings (SSSR count). The number of aromatic nitrogens is 5. The van der Waals surface area contributed by atoms with E-state index in [2.05, 4.69) is 25.9 Å². The number of tetrazole rings is 1. The van der Waals surface area contributed by atoms with Crippen molar-refractivity contribution in [2.24, 2.45) is 0 Å². The molecule has 0 aliphatic carbocycles. The van der Waals surface area contributed by atoms with Crippen LogP contribution in [0.5, 0.6) is 0 Å². The third-order valence-electron chi connectivity index (χ3n) is 2.44. The molecule has 0 aromatic carbocycles. The summed E-state index contributed by atoms with van der Waals surface area (Å²) in [4.78, 5) is 0. The topological polar surface area (TPSA) is 68.0 Å². The Hall–Kier alpha value is -1.43. The van der Waals surface area contributed by atoms with Crippen molar-refractivity contribution in [2.75, 3.05) is 17.7 Å². The summed E-state index contributed by atoms with van der Waals surface area (Å²) < 4.78 is 1.41. The van der Waals surface area contributed by atoms with Crippen LogP contribution in [0.2, 0.25) is 0 Å². The smallest absolute Gasteiger partial charge is 0.200 e. The van der Waals surface area contributed by atoms with Crippen molar-refractivity contribution >= 4 is 23.1 Å². The number of unbranched alkanes of at least 4 members (excludes halogenated alkanes) is 3. The number of hydrogen-bond donors (Lipinski definition) is 1. The monoisotopic (exact) mass is 254 g/mol. The van der Waals surface area contributed by atoms with Crippen LogP contribution >= 0.6 is 11.6 Å². The first-order valence-electron chi connectivity index (χ1n) is 5.75. The molecule has 0 aliphatic rings. The van der Waals surface area contributed by atoms with Gasteiger partial charge in [-0.25, -0.2) is 0 Å². The fraction of sp³-hybridized carbons (Fsp3) is 0.600. The molecule has 0 radical (unpaired) electrons. The fourth-order valence-corrected chi connectivity index (χ4v) is 1.72. The Bertz CT molecular complexity index is 457. The van der Waals surface area contributed by atoms with Crippen LogP contribution in [-0.4, -0.2) is 37.7 Å². The molecule has 0 amide bonds. The summed E-state index contributed by atoms with van der Waals surface area (Å²) in [6.07, 6.45) is 4.58. The minimum absolute atomic E-state index is 0.651. The van der Waals surface area contributed by atoms with Crippen molar-refractivity contribution in [3.05, 3.63) is 12.1 Å². The highest BCUT2D eigenvalue weighted by Crippen LogP contribution is 2.05. The van der Waals surface area contributed by atoms with Crippen molar-refractivity contribution in [3.63, 3.8) is 0 Å². The number of rotatable bonds is 7. The van der Waals surface area contributed by atoms with Gasteiger partial charge in [0.05, 0.1) is 0 Å². The van der Waals surface area contributed by atoms with Crippen molar-refractivity contribution in [3.8, 4) is 0 Å². The van der Waals surface area contributed by atoms with Crippen LogP contribution in [0.15, 0.2) is 12.1 Å². The van der Waals surface area contributed by atoms with E-state index in [9.17, 15) is 0 Å². The fourth-order valence-electron chi connectivity index (χ4n) is 1.53. The van der Waals surface area contributed by atoms with E-state index >= 15 is 0 Å². The zero-order chi connectivity index (χ0) is 11.9. The largest absolute Gasteiger partial charge is 0.369 e. The van der Waals surface area contributed by atoms with Gasteiger partial charge in [-0.15, -0.1) is 26.4 Å². The third-order valence-corrected chi connectivity index (χ3v) is 2.70. The van der Waals surface area contributed by atoms with Crippen LogP contribution in [0.25, 0.3) is 5.65 Å². The molecule has 0 atom stereocenters. The molecule has 0 saturated heterocycles. The van der Waals surface area contributed by atoms with Crippen LogP contribution in [0, 0.1) is 0 Å². The molecule has 0 spiro atoms. The van der Waals surface area contributed by atoms with E-state index in [-0.39, 0.29) is 0 Å². The van der Waals surface area contributed by atoms with Crippen LogP contribution in [0.4, 0.5) is 5.82 Å². The molecular formula is C10H15ClN6. The van der Waals surface area contributed by atoms with E-state index in [4.69, 9.17) is 11.6 Å². The van der Waals surface area contributed by atoms with Crippen LogP contribution in [0.3, 0.4) is 0 Å². The number of anilines is 1. The SMILES string of the molecule is ClCCCCCCNc1ccc2nnnn2n1. The van der Waals surface area contributed by atoms with Crippen LogP contribution in [-0.2, 0) is 0 Å². The van der Waals surface area contributed by atoms with Gasteiger partial charge >= 0.3 is 0 Å². The van der Waals surface area contributed by atoms with E-state index < -0.39 is 0 Å². The van der Waals surface area contributed by atoms with E-state index in [1.165, 1.54) is 17.5 Å². The summed E-state index contributed by atoms with van der Waals surface area (Å²) in [5, 5.41) is 18.5. The zero-order valence-corrected chi connectivity index (χ0v) is 10.3. The minimum atomic E-state index is 0.651. The predicted octanol–water partition coefficient (Wildman–Crippen LogP) is 1.73. The van der Waals surface area contributed by atoms with Gasteiger partial charge in [0.25, 0.3) is 0 Å². The summed E-state index contributed by atoms with van der Waals surface area (Å²) in [5.74, 6) is 1.55. The van der Waals surface area contributed by atoms with Gasteiger partial charge in [-0.1, -0.05) is 12.8 Å². The lowest BCUT2D eigenvalue weighted by Gasteiger charge is -2.04. The summed E-state index contributed by atoms with van der Waals surface area (Å²) in [6, 6.07) is 3.72. The number of alkyl halides is 1. The Kier molecular flexibility index (Phi) is 4.49. The molecule has 2 aromatic heterocycles. The lowest BCUT2D eigenvalue weighted by Crippen LogP contribution is -2.06. The molecule has 0 aliphatic heterocycles. The normalized spacial score (nSPS) is 10.9. The van der Waals surface area contributed by atoms with Gasteiger partial charge in [0.1, 0.15) is 5.82 Å². The number of halogens is 1. The highest BCUT2D eigenvalue weighted by Gasteiger charge is 1.99. The molecule has 0 unspecified atom stereocenters. The highest BCUT2D eigenvalue weighted by molar-refractivity contribution is 6.17. The van der Waals surface area contributed by atoms with Gasteiger partial charge in [0.15, 0.2) is 5.65 Å². The quantitative estimate of drug-likeness (QED) is 0.602. The van der Waals surface area contributed by atoms with Crippen molar-refractivity contribution in [2.45, 2.75) is 25.7 Å². The summed E-state index contributed by atoms with van der Waals surface area (Å²) in [5.41, 5.74) is 0.651. The van der Waals surface area contributed by atoms with Gasteiger partial charge < -0.3 is 5.32 Å². The van der Waals surface area contributed by atoms with E-state index in [0.29, 0.717) is 5.65 Å². The Morgan fingerprint density at radius 1 is 1.18 bits per heavy atom. The molecule has 0 bridgehead atoms. The van der Waals surface area contributed by atoms with Gasteiger partial charge in [-0.2, -0.15) is 0 Å². The predicted molar refractivity (Wildman–Crippen MR) is 66.3 cm³/mol. The molecule has 2 aromatic rings. The van der Waals surface area contributed by atoms with E-state index in [1.807, 2.05) is 12.1 Å². The van der Waals surface area contributed by atoms with Crippen LogP contribution < -0.4 is 5.32 Å². The minimum Gasteiger partial charge on any atom is -0.369 e. The first kappa shape index (κ1) is 12.0. The molecule has 1 N–H and O–H groups in total. The number of fused-ring (bicyclic) bond motifs is 1. The molecular weight excluding hydrogens is 240 g/mol. The maximum Gasteiger partial charge on any atom is 0.200 e. The van der Waals surface area contributed by atoms with Gasteiger partial charge in [0, 0.05) is 12.4 Å². The summed E-state index contributed by atoms with van der Waals surface area (Å²) in [7, 11) is 0. The Morgan fingerprint density at radius 3 is 2.94 bits per heavy atom. The van der Waals surface area contributed by atoms with Gasteiger partial charge in [-0.3, -0.25) is 0 Å². The maximum absolute atomic E-state index is 5.61. The number of nitrogens with zero attached hydrogens (tertiary/aromatic N) is 5. The second kappa shape index (κ2) is 6.34. The lowest BCUT2D eigenvalue weighted by molar-refractivity contribution is 0.683. The standard InChI is InChI=1S/C10H15ClN6/c11-7-3-1-2-4-8-12-9-5-6-10-13-15-16-17(10)14-9/h5-6H,1-4,7-8H2,(H,12,14). The number of hydrogen-bond acceptors (Lipinski definition) is 5. The summed E-state index contributed by atoms with van der Waals surface area (Å²) >= 11 is 5.61. The molecule has 0 saturated carbocycles. The maximum atomic E-state index is 5.61. The van der Waals surface area contributed by atoms with Gasteiger partial charge in [0.2, 0.25) is 0 Å². The second-order valence-electron chi connectivity index (χ2n) is 3.78. The molecule has 7 heteroatoms. The molecule has 92 valence electrons. The average Bonchev–Trinajstić information content (AvgIpc) is 2.81. The molecule has 17 heavy (non-hydrogen) atoms. The van der Waals surface area contributed by atoms with Crippen molar-refractivity contribution in [1.82, 2.24) is 25.3 Å². The molecule has 6 nitrogen and oxygen atoms in total. The molecule has 2 heterocycles.